The molecule has 0 radical (unpaired) electrons. The number of piperazine rings is 1. The molecule has 0 unspecified atom stereocenters. The lowest BCUT2D eigenvalue weighted by Gasteiger charge is -2.33. The SMILES string of the molecule is CCn1cc(S(=O)(=O)N2CCN(c3ccc(-n4cccc4)nn3)CC2)nc1C. The van der Waals surface area contributed by atoms with Crippen LogP contribution in [0.3, 0.4) is 0 Å². The van der Waals surface area contributed by atoms with Crippen molar-refractivity contribution in [2.24, 2.45) is 0 Å². The fourth-order valence-electron chi connectivity index (χ4n) is 3.33. The number of aromatic nitrogens is 5. The van der Waals surface area contributed by atoms with E-state index in [1.165, 1.54) is 4.31 Å². The molecule has 1 aliphatic rings. The monoisotopic (exact) mass is 401 g/mol. The van der Waals surface area contributed by atoms with Crippen LogP contribution in [0.5, 0.6) is 0 Å². The van der Waals surface area contributed by atoms with E-state index in [4.69, 9.17) is 0 Å². The van der Waals surface area contributed by atoms with Gasteiger partial charge in [0.2, 0.25) is 0 Å². The van der Waals surface area contributed by atoms with E-state index in [0.29, 0.717) is 38.5 Å². The second-order valence-electron chi connectivity index (χ2n) is 6.64. The normalized spacial score (nSPS) is 15.9. The van der Waals surface area contributed by atoms with Gasteiger partial charge in [-0.2, -0.15) is 4.31 Å². The van der Waals surface area contributed by atoms with E-state index >= 15 is 0 Å². The highest BCUT2D eigenvalue weighted by molar-refractivity contribution is 7.89. The van der Waals surface area contributed by atoms with Gasteiger partial charge < -0.3 is 14.0 Å². The third-order valence-electron chi connectivity index (χ3n) is 4.97. The predicted octanol–water partition coefficient (Wildman–Crippen LogP) is 1.30. The molecule has 1 aliphatic heterocycles. The van der Waals surface area contributed by atoms with Crippen LogP contribution in [-0.2, 0) is 16.6 Å². The number of imidazole rings is 1. The fourth-order valence-corrected chi connectivity index (χ4v) is 4.74. The zero-order valence-electron chi connectivity index (χ0n) is 15.9. The second kappa shape index (κ2) is 7.36. The van der Waals surface area contributed by atoms with Gasteiger partial charge in [0.15, 0.2) is 16.7 Å². The van der Waals surface area contributed by atoms with E-state index in [1.54, 1.807) is 6.20 Å². The highest BCUT2D eigenvalue weighted by Crippen LogP contribution is 2.20. The zero-order chi connectivity index (χ0) is 19.7. The molecular formula is C18H23N7O2S. The number of anilines is 1. The van der Waals surface area contributed by atoms with Crippen molar-refractivity contribution in [3.05, 3.63) is 48.7 Å². The Morgan fingerprint density at radius 1 is 1.00 bits per heavy atom. The summed E-state index contributed by atoms with van der Waals surface area (Å²) in [7, 11) is -3.58. The van der Waals surface area contributed by atoms with Crippen molar-refractivity contribution in [2.75, 3.05) is 31.1 Å². The molecule has 4 rings (SSSR count). The number of hydrogen-bond donors (Lipinski definition) is 0. The number of nitrogens with zero attached hydrogens (tertiary/aromatic N) is 7. The van der Waals surface area contributed by atoms with Crippen molar-refractivity contribution in [3.63, 3.8) is 0 Å². The molecule has 1 saturated heterocycles. The predicted molar refractivity (Wildman–Crippen MR) is 105 cm³/mol. The Kier molecular flexibility index (Phi) is 4.90. The first-order chi connectivity index (χ1) is 13.5. The van der Waals surface area contributed by atoms with Crippen molar-refractivity contribution < 1.29 is 8.42 Å². The van der Waals surface area contributed by atoms with Gasteiger partial charge in [-0.1, -0.05) is 0 Å². The molecule has 3 aromatic heterocycles. The first kappa shape index (κ1) is 18.6. The van der Waals surface area contributed by atoms with E-state index in [-0.39, 0.29) is 5.03 Å². The smallest absolute Gasteiger partial charge is 0.262 e. The Labute approximate surface area is 164 Å². The van der Waals surface area contributed by atoms with Gasteiger partial charge in [0, 0.05) is 51.3 Å². The molecule has 0 atom stereocenters. The standard InChI is InChI=1S/C18H23N7O2S/c1-3-22-14-18(19-15(22)2)28(26,27)25-12-10-24(11-13-25)17-7-6-16(20-21-17)23-8-4-5-9-23/h4-9,14H,3,10-13H2,1-2H3. The molecule has 1 fully saturated rings. The van der Waals surface area contributed by atoms with Gasteiger partial charge in [-0.25, -0.2) is 13.4 Å². The van der Waals surface area contributed by atoms with Crippen molar-refractivity contribution >= 4 is 15.8 Å². The molecule has 10 heteroatoms. The lowest BCUT2D eigenvalue weighted by molar-refractivity contribution is 0.382. The van der Waals surface area contributed by atoms with Gasteiger partial charge in [-0.3, -0.25) is 0 Å². The van der Waals surface area contributed by atoms with E-state index < -0.39 is 10.0 Å². The third kappa shape index (κ3) is 3.40. The summed E-state index contributed by atoms with van der Waals surface area (Å²) >= 11 is 0. The lowest BCUT2D eigenvalue weighted by atomic mass is 10.3. The average Bonchev–Trinajstić information content (AvgIpc) is 3.38. The molecule has 0 aliphatic carbocycles. The number of aryl methyl sites for hydroxylation is 2. The fraction of sp³-hybridized carbons (Fsp3) is 0.389. The number of rotatable bonds is 5. The topological polar surface area (TPSA) is 89.2 Å². The van der Waals surface area contributed by atoms with Gasteiger partial charge in [0.25, 0.3) is 10.0 Å². The maximum Gasteiger partial charge on any atom is 0.262 e. The summed E-state index contributed by atoms with van der Waals surface area (Å²) in [5.74, 6) is 2.20. The van der Waals surface area contributed by atoms with E-state index in [2.05, 4.69) is 15.2 Å². The molecule has 28 heavy (non-hydrogen) atoms. The summed E-state index contributed by atoms with van der Waals surface area (Å²) in [6, 6.07) is 7.69. The van der Waals surface area contributed by atoms with Crippen molar-refractivity contribution in [1.29, 1.82) is 0 Å². The van der Waals surface area contributed by atoms with Crippen molar-refractivity contribution in [2.45, 2.75) is 25.4 Å². The third-order valence-corrected chi connectivity index (χ3v) is 6.74. The molecule has 3 aromatic rings. The largest absolute Gasteiger partial charge is 0.352 e. The van der Waals surface area contributed by atoms with E-state index in [9.17, 15) is 8.42 Å². The van der Waals surface area contributed by atoms with Crippen LogP contribution in [0.25, 0.3) is 5.82 Å². The van der Waals surface area contributed by atoms with Crippen molar-refractivity contribution in [3.8, 4) is 5.82 Å². The molecule has 148 valence electrons. The van der Waals surface area contributed by atoms with Gasteiger partial charge >= 0.3 is 0 Å². The first-order valence-electron chi connectivity index (χ1n) is 9.25. The molecule has 0 bridgehead atoms. The van der Waals surface area contributed by atoms with Crippen LogP contribution in [0.15, 0.2) is 47.9 Å². The van der Waals surface area contributed by atoms with Crippen LogP contribution >= 0.6 is 0 Å². The summed E-state index contributed by atoms with van der Waals surface area (Å²) in [6.45, 7) is 6.38. The highest BCUT2D eigenvalue weighted by Gasteiger charge is 2.31. The summed E-state index contributed by atoms with van der Waals surface area (Å²) < 4.78 is 31.0. The molecule has 9 nitrogen and oxygen atoms in total. The van der Waals surface area contributed by atoms with Crippen LogP contribution in [0.1, 0.15) is 12.7 Å². The van der Waals surface area contributed by atoms with Crippen LogP contribution < -0.4 is 4.90 Å². The minimum Gasteiger partial charge on any atom is -0.352 e. The summed E-state index contributed by atoms with van der Waals surface area (Å²) in [4.78, 5) is 6.28. The number of sulfonamides is 1. The Morgan fingerprint density at radius 2 is 1.64 bits per heavy atom. The van der Waals surface area contributed by atoms with Gasteiger partial charge in [-0.15, -0.1) is 10.2 Å². The molecule has 4 heterocycles. The van der Waals surface area contributed by atoms with E-state index in [0.717, 1.165) is 11.6 Å². The van der Waals surface area contributed by atoms with Crippen LogP contribution in [0.4, 0.5) is 5.82 Å². The Hall–Kier alpha value is -2.72. The van der Waals surface area contributed by atoms with Crippen LogP contribution in [0, 0.1) is 6.92 Å². The molecule has 0 amide bonds. The second-order valence-corrected chi connectivity index (χ2v) is 8.53. The van der Waals surface area contributed by atoms with Gasteiger partial charge in [-0.05, 0) is 38.1 Å². The van der Waals surface area contributed by atoms with E-state index in [1.807, 2.05) is 64.5 Å². The Morgan fingerprint density at radius 3 is 2.21 bits per heavy atom. The van der Waals surface area contributed by atoms with Crippen molar-refractivity contribution in [1.82, 2.24) is 28.6 Å². The molecule has 0 spiro atoms. The summed E-state index contributed by atoms with van der Waals surface area (Å²) in [5.41, 5.74) is 0. The number of hydrogen-bond acceptors (Lipinski definition) is 6. The summed E-state index contributed by atoms with van der Waals surface area (Å²) in [6.07, 6.45) is 5.44. The van der Waals surface area contributed by atoms with Crippen LogP contribution in [-0.4, -0.2) is 63.2 Å². The quantitative estimate of drug-likeness (QED) is 0.640. The molecule has 0 aromatic carbocycles. The van der Waals surface area contributed by atoms with Crippen LogP contribution in [0.2, 0.25) is 0 Å². The Balaban J connectivity index is 1.44. The maximum absolute atomic E-state index is 12.9. The minimum atomic E-state index is -3.58. The minimum absolute atomic E-state index is 0.121. The zero-order valence-corrected chi connectivity index (χ0v) is 16.7. The van der Waals surface area contributed by atoms with Gasteiger partial charge in [0.1, 0.15) is 5.82 Å². The molecular weight excluding hydrogens is 378 g/mol. The van der Waals surface area contributed by atoms with Gasteiger partial charge in [0.05, 0.1) is 0 Å². The Bertz CT molecular complexity index is 1030. The average molecular weight is 401 g/mol. The first-order valence-corrected chi connectivity index (χ1v) is 10.7. The molecule has 0 N–H and O–H groups in total. The highest BCUT2D eigenvalue weighted by atomic mass is 32.2. The maximum atomic E-state index is 12.9. The lowest BCUT2D eigenvalue weighted by Crippen LogP contribution is -2.49. The molecule has 0 saturated carbocycles. The summed E-state index contributed by atoms with van der Waals surface area (Å²) in [5, 5.41) is 8.68.